The SMILES string of the molecule is COc1cc(CC2COc3c(ccc4c3OCO4)C2)cc(OC)c1OC. The molecule has 2 aliphatic heterocycles. The highest BCUT2D eigenvalue weighted by Crippen LogP contribution is 2.46. The van der Waals surface area contributed by atoms with Crippen LogP contribution in [0.2, 0.25) is 0 Å². The number of rotatable bonds is 5. The van der Waals surface area contributed by atoms with Crippen molar-refractivity contribution in [3.8, 4) is 34.5 Å². The monoisotopic (exact) mass is 358 g/mol. The molecule has 2 aliphatic rings. The second kappa shape index (κ2) is 6.86. The fraction of sp³-hybridized carbons (Fsp3) is 0.400. The summed E-state index contributed by atoms with van der Waals surface area (Å²) in [7, 11) is 4.86. The van der Waals surface area contributed by atoms with Gasteiger partial charge in [-0.1, -0.05) is 6.07 Å². The average Bonchev–Trinajstić information content (AvgIpc) is 3.16. The summed E-state index contributed by atoms with van der Waals surface area (Å²) in [5.41, 5.74) is 2.27. The Morgan fingerprint density at radius 2 is 1.69 bits per heavy atom. The van der Waals surface area contributed by atoms with Crippen molar-refractivity contribution in [2.45, 2.75) is 12.8 Å². The zero-order valence-electron chi connectivity index (χ0n) is 15.2. The van der Waals surface area contributed by atoms with Gasteiger partial charge in [0, 0.05) is 5.92 Å². The maximum Gasteiger partial charge on any atom is 0.231 e. The van der Waals surface area contributed by atoms with Crippen LogP contribution in [0.15, 0.2) is 24.3 Å². The summed E-state index contributed by atoms with van der Waals surface area (Å²) in [6.07, 6.45) is 1.77. The lowest BCUT2D eigenvalue weighted by atomic mass is 9.90. The van der Waals surface area contributed by atoms with Crippen molar-refractivity contribution in [3.05, 3.63) is 35.4 Å². The lowest BCUT2D eigenvalue weighted by Crippen LogP contribution is -2.23. The third-order valence-corrected chi connectivity index (χ3v) is 4.80. The largest absolute Gasteiger partial charge is 0.493 e. The first-order chi connectivity index (χ1) is 12.7. The van der Waals surface area contributed by atoms with Gasteiger partial charge in [-0.3, -0.25) is 0 Å². The molecular formula is C20H22O6. The second-order valence-corrected chi connectivity index (χ2v) is 6.41. The molecule has 6 heteroatoms. The van der Waals surface area contributed by atoms with E-state index >= 15 is 0 Å². The number of hydrogen-bond donors (Lipinski definition) is 0. The first-order valence-electron chi connectivity index (χ1n) is 8.56. The Morgan fingerprint density at radius 1 is 0.923 bits per heavy atom. The van der Waals surface area contributed by atoms with Crippen LogP contribution in [0.4, 0.5) is 0 Å². The van der Waals surface area contributed by atoms with Gasteiger partial charge in [0.2, 0.25) is 18.3 Å². The third kappa shape index (κ3) is 2.85. The fourth-order valence-corrected chi connectivity index (χ4v) is 3.60. The minimum atomic E-state index is 0.254. The molecule has 6 nitrogen and oxygen atoms in total. The highest BCUT2D eigenvalue weighted by atomic mass is 16.7. The Morgan fingerprint density at radius 3 is 2.38 bits per heavy atom. The molecule has 0 aromatic heterocycles. The Hall–Kier alpha value is -2.76. The molecule has 1 atom stereocenters. The molecule has 0 saturated carbocycles. The molecule has 1 unspecified atom stereocenters. The summed E-state index contributed by atoms with van der Waals surface area (Å²) in [6, 6.07) is 8.00. The van der Waals surface area contributed by atoms with E-state index in [1.807, 2.05) is 18.2 Å². The highest BCUT2D eigenvalue weighted by molar-refractivity contribution is 5.58. The molecule has 0 bridgehead atoms. The van der Waals surface area contributed by atoms with Gasteiger partial charge in [0.1, 0.15) is 0 Å². The van der Waals surface area contributed by atoms with E-state index in [4.69, 9.17) is 28.4 Å². The predicted octanol–water partition coefficient (Wildman–Crippen LogP) is 3.23. The van der Waals surface area contributed by atoms with Gasteiger partial charge < -0.3 is 28.4 Å². The van der Waals surface area contributed by atoms with Crippen LogP contribution < -0.4 is 28.4 Å². The number of methoxy groups -OCH3 is 3. The molecular weight excluding hydrogens is 336 g/mol. The standard InChI is InChI=1S/C20H22O6/c1-21-16-8-12(9-17(22-2)19(16)23-3)6-13-7-14-4-5-15-20(26-11-25-15)18(14)24-10-13/h4-5,8-9,13H,6-7,10-11H2,1-3H3. The van der Waals surface area contributed by atoms with Crippen LogP contribution >= 0.6 is 0 Å². The molecule has 26 heavy (non-hydrogen) atoms. The minimum absolute atomic E-state index is 0.254. The van der Waals surface area contributed by atoms with Crippen molar-refractivity contribution < 1.29 is 28.4 Å². The van der Waals surface area contributed by atoms with E-state index in [-0.39, 0.29) is 6.79 Å². The summed E-state index contributed by atoms with van der Waals surface area (Å²) in [6.45, 7) is 0.882. The van der Waals surface area contributed by atoms with Gasteiger partial charge in [-0.05, 0) is 42.2 Å². The molecule has 0 N–H and O–H groups in total. The van der Waals surface area contributed by atoms with Crippen LogP contribution in [-0.4, -0.2) is 34.7 Å². The Bertz CT molecular complexity index is 791. The Labute approximate surface area is 152 Å². The predicted molar refractivity (Wildman–Crippen MR) is 95.1 cm³/mol. The molecule has 0 aliphatic carbocycles. The fourth-order valence-electron chi connectivity index (χ4n) is 3.60. The van der Waals surface area contributed by atoms with E-state index in [1.165, 1.54) is 0 Å². The lowest BCUT2D eigenvalue weighted by Gasteiger charge is -2.26. The van der Waals surface area contributed by atoms with Gasteiger partial charge >= 0.3 is 0 Å². The average molecular weight is 358 g/mol. The summed E-state index contributed by atoms with van der Waals surface area (Å²) in [5.74, 6) is 4.61. The van der Waals surface area contributed by atoms with Crippen LogP contribution in [0.1, 0.15) is 11.1 Å². The molecule has 2 aromatic rings. The summed E-state index contributed by atoms with van der Waals surface area (Å²) >= 11 is 0. The van der Waals surface area contributed by atoms with Gasteiger partial charge in [0.05, 0.1) is 27.9 Å². The highest BCUT2D eigenvalue weighted by Gasteiger charge is 2.28. The zero-order chi connectivity index (χ0) is 18.1. The maximum absolute atomic E-state index is 6.02. The van der Waals surface area contributed by atoms with Crippen LogP contribution in [-0.2, 0) is 12.8 Å². The second-order valence-electron chi connectivity index (χ2n) is 6.41. The van der Waals surface area contributed by atoms with E-state index in [0.29, 0.717) is 29.8 Å². The van der Waals surface area contributed by atoms with E-state index < -0.39 is 0 Å². The zero-order valence-corrected chi connectivity index (χ0v) is 15.2. The maximum atomic E-state index is 6.02. The molecule has 2 heterocycles. The van der Waals surface area contributed by atoms with E-state index in [1.54, 1.807) is 21.3 Å². The molecule has 0 saturated heterocycles. The van der Waals surface area contributed by atoms with Crippen molar-refractivity contribution in [1.82, 2.24) is 0 Å². The number of benzene rings is 2. The number of ether oxygens (including phenoxy) is 6. The van der Waals surface area contributed by atoms with Crippen molar-refractivity contribution >= 4 is 0 Å². The minimum Gasteiger partial charge on any atom is -0.493 e. The summed E-state index contributed by atoms with van der Waals surface area (Å²) < 4.78 is 33.3. The molecule has 2 aromatic carbocycles. The number of fused-ring (bicyclic) bond motifs is 3. The molecule has 0 spiro atoms. The van der Waals surface area contributed by atoms with Gasteiger partial charge in [0.25, 0.3) is 0 Å². The summed E-state index contributed by atoms with van der Waals surface area (Å²) in [4.78, 5) is 0. The van der Waals surface area contributed by atoms with E-state index in [0.717, 1.165) is 41.2 Å². The first kappa shape index (κ1) is 16.7. The molecule has 0 fully saturated rings. The van der Waals surface area contributed by atoms with E-state index in [2.05, 4.69) is 6.07 Å². The van der Waals surface area contributed by atoms with Gasteiger partial charge in [-0.15, -0.1) is 0 Å². The van der Waals surface area contributed by atoms with Crippen LogP contribution in [0.5, 0.6) is 34.5 Å². The first-order valence-corrected chi connectivity index (χ1v) is 8.56. The molecule has 0 radical (unpaired) electrons. The van der Waals surface area contributed by atoms with Crippen LogP contribution in [0, 0.1) is 5.92 Å². The smallest absolute Gasteiger partial charge is 0.231 e. The normalized spacial score (nSPS) is 17.3. The quantitative estimate of drug-likeness (QED) is 0.818. The molecule has 138 valence electrons. The lowest BCUT2D eigenvalue weighted by molar-refractivity contribution is 0.164. The number of hydrogen-bond acceptors (Lipinski definition) is 6. The topological polar surface area (TPSA) is 55.4 Å². The van der Waals surface area contributed by atoms with Crippen LogP contribution in [0.3, 0.4) is 0 Å². The van der Waals surface area contributed by atoms with Crippen molar-refractivity contribution in [3.63, 3.8) is 0 Å². The van der Waals surface area contributed by atoms with Gasteiger partial charge in [-0.25, -0.2) is 0 Å². The van der Waals surface area contributed by atoms with Crippen molar-refractivity contribution in [2.75, 3.05) is 34.7 Å². The van der Waals surface area contributed by atoms with Gasteiger partial charge in [0.15, 0.2) is 23.0 Å². The molecule has 0 amide bonds. The summed E-state index contributed by atoms with van der Waals surface area (Å²) in [5, 5.41) is 0. The van der Waals surface area contributed by atoms with Gasteiger partial charge in [-0.2, -0.15) is 0 Å². The Kier molecular flexibility index (Phi) is 4.41. The van der Waals surface area contributed by atoms with Crippen molar-refractivity contribution in [1.29, 1.82) is 0 Å². The Balaban J connectivity index is 1.56. The van der Waals surface area contributed by atoms with E-state index in [9.17, 15) is 0 Å². The van der Waals surface area contributed by atoms with Crippen molar-refractivity contribution in [2.24, 2.45) is 5.92 Å². The van der Waals surface area contributed by atoms with Crippen LogP contribution in [0.25, 0.3) is 0 Å². The molecule has 4 rings (SSSR count). The third-order valence-electron chi connectivity index (χ3n) is 4.80.